The number of amides is 1. The Hall–Kier alpha value is -2.74. The molecule has 1 amide bonds. The second kappa shape index (κ2) is 7.87. The third-order valence-corrected chi connectivity index (χ3v) is 4.27. The van der Waals surface area contributed by atoms with Gasteiger partial charge in [0.25, 0.3) is 0 Å². The summed E-state index contributed by atoms with van der Waals surface area (Å²) < 4.78 is 14.3. The van der Waals surface area contributed by atoms with Gasteiger partial charge in [0.15, 0.2) is 17.5 Å². The number of anilines is 1. The van der Waals surface area contributed by atoms with E-state index in [1.807, 2.05) is 13.8 Å². The van der Waals surface area contributed by atoms with Crippen LogP contribution in [-0.2, 0) is 4.79 Å². The molecule has 0 spiro atoms. The normalized spacial score (nSPS) is 12.4. The van der Waals surface area contributed by atoms with E-state index in [2.05, 4.69) is 30.6 Å². The fourth-order valence-corrected chi connectivity index (χ4v) is 2.96. The molecule has 0 unspecified atom stereocenters. The third kappa shape index (κ3) is 4.16. The first-order chi connectivity index (χ1) is 12.9. The van der Waals surface area contributed by atoms with Gasteiger partial charge >= 0.3 is 0 Å². The van der Waals surface area contributed by atoms with Crippen LogP contribution in [0.25, 0.3) is 22.4 Å². The zero-order valence-corrected chi connectivity index (χ0v) is 15.9. The molecule has 0 saturated carbocycles. The van der Waals surface area contributed by atoms with Crippen LogP contribution in [-0.4, -0.2) is 38.9 Å². The lowest BCUT2D eigenvalue weighted by Crippen LogP contribution is -2.39. The molecular weight excluding hydrogens is 371 g/mol. The second-order valence-corrected chi connectivity index (χ2v) is 7.02. The molecule has 7 nitrogen and oxygen atoms in total. The van der Waals surface area contributed by atoms with Crippen molar-refractivity contribution in [1.82, 2.24) is 25.3 Å². The van der Waals surface area contributed by atoms with Crippen molar-refractivity contribution in [2.75, 3.05) is 12.4 Å². The maximum absolute atomic E-state index is 14.3. The predicted molar refractivity (Wildman–Crippen MR) is 103 cm³/mol. The van der Waals surface area contributed by atoms with Crippen molar-refractivity contribution >= 4 is 34.4 Å². The van der Waals surface area contributed by atoms with Crippen LogP contribution in [0.15, 0.2) is 24.7 Å². The molecule has 1 atom stereocenters. The fourth-order valence-electron chi connectivity index (χ4n) is 2.80. The topological polar surface area (TPSA) is 95.6 Å². The Bertz CT molecular complexity index is 974. The molecule has 3 heterocycles. The van der Waals surface area contributed by atoms with Crippen LogP contribution >= 0.6 is 11.6 Å². The molecule has 0 aliphatic heterocycles. The van der Waals surface area contributed by atoms with E-state index in [-0.39, 0.29) is 17.6 Å². The van der Waals surface area contributed by atoms with Gasteiger partial charge in [0.05, 0.1) is 11.2 Å². The highest BCUT2D eigenvalue weighted by Gasteiger charge is 2.21. The minimum absolute atomic E-state index is 0.0291. The number of rotatable bonds is 6. The Balaban J connectivity index is 1.98. The Kier molecular flexibility index (Phi) is 5.55. The summed E-state index contributed by atoms with van der Waals surface area (Å²) in [5.74, 6) is -0.349. The number of hydrogen-bond donors (Lipinski definition) is 3. The van der Waals surface area contributed by atoms with E-state index < -0.39 is 11.9 Å². The van der Waals surface area contributed by atoms with Crippen LogP contribution in [0.1, 0.15) is 20.3 Å². The molecule has 142 valence electrons. The highest BCUT2D eigenvalue weighted by Crippen LogP contribution is 2.28. The van der Waals surface area contributed by atoms with Crippen molar-refractivity contribution in [3.05, 3.63) is 35.5 Å². The van der Waals surface area contributed by atoms with Crippen molar-refractivity contribution in [1.29, 1.82) is 0 Å². The molecule has 0 radical (unpaired) electrons. The summed E-state index contributed by atoms with van der Waals surface area (Å²) in [5.41, 5.74) is 1.27. The number of nitrogens with one attached hydrogen (secondary N) is 3. The SMILES string of the molecule is CNC(=O)[C@H](CC(C)C)Nc1nc(-c2c[nH]c3ncc(Cl)cc23)ncc1F. The summed E-state index contributed by atoms with van der Waals surface area (Å²) in [6.45, 7) is 3.98. The smallest absolute Gasteiger partial charge is 0.242 e. The van der Waals surface area contributed by atoms with Gasteiger partial charge in [0.1, 0.15) is 11.7 Å². The van der Waals surface area contributed by atoms with Crippen LogP contribution in [0.3, 0.4) is 0 Å². The summed E-state index contributed by atoms with van der Waals surface area (Å²) in [5, 5.41) is 6.69. The lowest BCUT2D eigenvalue weighted by molar-refractivity contribution is -0.121. The maximum atomic E-state index is 14.3. The number of pyridine rings is 1. The summed E-state index contributed by atoms with van der Waals surface area (Å²) >= 11 is 6.03. The van der Waals surface area contributed by atoms with Gasteiger partial charge in [-0.2, -0.15) is 0 Å². The number of carbonyl (C=O) groups excluding carboxylic acids is 1. The predicted octanol–water partition coefficient (Wildman–Crippen LogP) is 3.39. The molecule has 3 rings (SSSR count). The quantitative estimate of drug-likeness (QED) is 0.599. The first kappa shape index (κ1) is 19.0. The largest absolute Gasteiger partial charge is 0.357 e. The molecule has 0 saturated heterocycles. The van der Waals surface area contributed by atoms with E-state index in [0.29, 0.717) is 28.5 Å². The highest BCUT2D eigenvalue weighted by molar-refractivity contribution is 6.31. The van der Waals surface area contributed by atoms with Crippen LogP contribution in [0, 0.1) is 11.7 Å². The van der Waals surface area contributed by atoms with E-state index >= 15 is 0 Å². The molecule has 0 bridgehead atoms. The number of likely N-dealkylation sites (N-methyl/N-ethyl adjacent to an activating group) is 1. The number of nitrogens with zero attached hydrogens (tertiary/aromatic N) is 3. The van der Waals surface area contributed by atoms with Gasteiger partial charge in [-0.3, -0.25) is 4.79 Å². The number of aromatic nitrogens is 4. The molecule has 0 aliphatic rings. The Morgan fingerprint density at radius 3 is 2.81 bits per heavy atom. The Labute approximate surface area is 160 Å². The molecule has 3 aromatic heterocycles. The Morgan fingerprint density at radius 2 is 2.11 bits per heavy atom. The monoisotopic (exact) mass is 390 g/mol. The van der Waals surface area contributed by atoms with Gasteiger partial charge in [0.2, 0.25) is 5.91 Å². The number of aromatic amines is 1. The molecule has 27 heavy (non-hydrogen) atoms. The van der Waals surface area contributed by atoms with E-state index in [1.165, 1.54) is 6.20 Å². The van der Waals surface area contributed by atoms with Crippen molar-refractivity contribution in [3.63, 3.8) is 0 Å². The lowest BCUT2D eigenvalue weighted by atomic mass is 10.0. The average molecular weight is 391 g/mol. The average Bonchev–Trinajstić information content (AvgIpc) is 3.04. The van der Waals surface area contributed by atoms with Crippen molar-refractivity contribution < 1.29 is 9.18 Å². The first-order valence-electron chi connectivity index (χ1n) is 8.52. The number of carbonyl (C=O) groups is 1. The van der Waals surface area contributed by atoms with Gasteiger partial charge in [-0.1, -0.05) is 25.4 Å². The maximum Gasteiger partial charge on any atom is 0.242 e. The molecule has 0 fully saturated rings. The van der Waals surface area contributed by atoms with Gasteiger partial charge in [-0.15, -0.1) is 0 Å². The number of hydrogen-bond acceptors (Lipinski definition) is 5. The molecule has 9 heteroatoms. The van der Waals surface area contributed by atoms with E-state index in [4.69, 9.17) is 11.6 Å². The van der Waals surface area contributed by atoms with E-state index in [9.17, 15) is 9.18 Å². The third-order valence-electron chi connectivity index (χ3n) is 4.06. The lowest BCUT2D eigenvalue weighted by Gasteiger charge is -2.20. The van der Waals surface area contributed by atoms with Crippen LogP contribution < -0.4 is 10.6 Å². The summed E-state index contributed by atoms with van der Waals surface area (Å²) in [7, 11) is 1.54. The van der Waals surface area contributed by atoms with Crippen molar-refractivity contribution in [3.8, 4) is 11.4 Å². The van der Waals surface area contributed by atoms with Crippen LogP contribution in [0.2, 0.25) is 5.02 Å². The minimum Gasteiger partial charge on any atom is -0.357 e. The standard InChI is InChI=1S/C18H20ClFN6O/c1-9(2)4-14(18(27)21-3)25-17-13(20)8-24-16(26-17)12-7-23-15-11(12)5-10(19)6-22-15/h5-9,14H,4H2,1-3H3,(H,21,27)(H,22,23)(H,24,25,26)/t14-/m0/s1. The van der Waals surface area contributed by atoms with Gasteiger partial charge < -0.3 is 15.6 Å². The second-order valence-electron chi connectivity index (χ2n) is 6.58. The minimum atomic E-state index is -0.632. The molecule has 3 N–H and O–H groups in total. The molecule has 0 aromatic carbocycles. The molecule has 0 aliphatic carbocycles. The van der Waals surface area contributed by atoms with Gasteiger partial charge in [-0.25, -0.2) is 19.3 Å². The number of H-pyrrole nitrogens is 1. The first-order valence-corrected chi connectivity index (χ1v) is 8.90. The van der Waals surface area contributed by atoms with Crippen LogP contribution in [0.5, 0.6) is 0 Å². The molecule has 3 aromatic rings. The zero-order valence-electron chi connectivity index (χ0n) is 15.2. The zero-order chi connectivity index (χ0) is 19.6. The summed E-state index contributed by atoms with van der Waals surface area (Å²) in [6.07, 6.45) is 4.83. The van der Waals surface area contributed by atoms with Crippen LogP contribution in [0.4, 0.5) is 10.2 Å². The Morgan fingerprint density at radius 1 is 1.33 bits per heavy atom. The summed E-state index contributed by atoms with van der Waals surface area (Å²) in [4.78, 5) is 27.7. The van der Waals surface area contributed by atoms with Gasteiger partial charge in [-0.05, 0) is 18.4 Å². The van der Waals surface area contributed by atoms with Gasteiger partial charge in [0, 0.05) is 30.4 Å². The highest BCUT2D eigenvalue weighted by atomic mass is 35.5. The number of halogens is 2. The fraction of sp³-hybridized carbons (Fsp3) is 0.333. The van der Waals surface area contributed by atoms with E-state index in [1.54, 1.807) is 19.3 Å². The van der Waals surface area contributed by atoms with E-state index in [0.717, 1.165) is 11.6 Å². The summed E-state index contributed by atoms with van der Waals surface area (Å²) in [6, 6.07) is 1.13. The van der Waals surface area contributed by atoms with Crippen molar-refractivity contribution in [2.45, 2.75) is 26.3 Å². The number of fused-ring (bicyclic) bond motifs is 1. The molecular formula is C18H20ClFN6O. The van der Waals surface area contributed by atoms with Crippen molar-refractivity contribution in [2.24, 2.45) is 5.92 Å².